The second-order valence-corrected chi connectivity index (χ2v) is 11.9. The number of carbonyl (C=O) groups is 1. The Hall–Kier alpha value is -3.44. The zero-order chi connectivity index (χ0) is 37.1. The Kier molecular flexibility index (Phi) is 29.4. The van der Waals surface area contributed by atoms with Crippen LogP contribution in [0.5, 0.6) is 0 Å². The summed E-state index contributed by atoms with van der Waals surface area (Å²) in [6, 6.07) is 28.1. The van der Waals surface area contributed by atoms with Crippen LogP contribution in [0, 0.1) is 62.1 Å². The third kappa shape index (κ3) is 18.3. The molecule has 0 saturated heterocycles. The van der Waals surface area contributed by atoms with Crippen LogP contribution in [-0.4, -0.2) is 113 Å². The molecule has 280 valence electrons. The van der Waals surface area contributed by atoms with Crippen molar-refractivity contribution in [3.05, 3.63) is 163 Å². The zero-order valence-electron chi connectivity index (χ0n) is 32.4. The summed E-state index contributed by atoms with van der Waals surface area (Å²) in [7, 11) is 8.01. The SMILES string of the molecule is CN(C)CCCC(O)(c1ccc(F)cc1)c1ccc(C#N)cc1CO.Fc1cc[c-]cc1.N#Cc1ccc2c(c1)COC2=O.[CH2-]CCN(C)C.[CH3-].[CH3-].[Mg+2].[Mg+2]. The molecule has 0 aliphatic carbocycles. The first-order chi connectivity index (χ1) is 23.9. The van der Waals surface area contributed by atoms with Crippen molar-refractivity contribution >= 4 is 52.1 Å². The van der Waals surface area contributed by atoms with Gasteiger partial charge in [0.15, 0.2) is 0 Å². The molecule has 1 aliphatic rings. The van der Waals surface area contributed by atoms with Gasteiger partial charge in [0.2, 0.25) is 0 Å². The minimum Gasteiger partial charge on any atom is -0.457 e. The van der Waals surface area contributed by atoms with Gasteiger partial charge in [0.25, 0.3) is 0 Å². The number of hydrogen-bond acceptors (Lipinski definition) is 8. The van der Waals surface area contributed by atoms with E-state index in [4.69, 9.17) is 15.3 Å². The Bertz CT molecular complexity index is 1730. The van der Waals surface area contributed by atoms with Gasteiger partial charge < -0.3 is 46.5 Å². The van der Waals surface area contributed by atoms with Gasteiger partial charge in [-0.2, -0.15) is 35.1 Å². The first-order valence-electron chi connectivity index (χ1n) is 15.9. The molecule has 4 aromatic carbocycles. The molecule has 4 aromatic rings. The fourth-order valence-corrected chi connectivity index (χ4v) is 4.89. The monoisotopic (exact) mass is 760 g/mol. The minimum absolute atomic E-state index is 0. The predicted molar refractivity (Wildman–Crippen MR) is 213 cm³/mol. The number of aliphatic hydroxyl groups is 2. The topological polar surface area (TPSA) is 121 Å². The summed E-state index contributed by atoms with van der Waals surface area (Å²) in [5.41, 5.74) is 2.60. The number of hydrogen-bond donors (Lipinski definition) is 2. The summed E-state index contributed by atoms with van der Waals surface area (Å²) in [6.07, 6.45) is 2.13. The van der Waals surface area contributed by atoms with Crippen molar-refractivity contribution in [1.82, 2.24) is 9.80 Å². The molecule has 12 heteroatoms. The van der Waals surface area contributed by atoms with E-state index < -0.39 is 5.60 Å². The summed E-state index contributed by atoms with van der Waals surface area (Å²) in [6.45, 7) is 5.57. The van der Waals surface area contributed by atoms with E-state index >= 15 is 0 Å². The molecule has 0 radical (unpaired) electrons. The largest absolute Gasteiger partial charge is 2.00 e. The fourth-order valence-electron chi connectivity index (χ4n) is 4.89. The van der Waals surface area contributed by atoms with E-state index in [0.29, 0.717) is 52.8 Å². The van der Waals surface area contributed by atoms with Crippen LogP contribution in [0.1, 0.15) is 63.0 Å². The van der Waals surface area contributed by atoms with Crippen LogP contribution >= 0.6 is 0 Å². The molecule has 5 rings (SSSR count). The van der Waals surface area contributed by atoms with Crippen LogP contribution in [0.2, 0.25) is 0 Å². The fraction of sp³-hybridized carbons (Fsp3) is 0.286. The van der Waals surface area contributed by atoms with Gasteiger partial charge in [0, 0.05) is 11.4 Å². The molecule has 0 spiro atoms. The van der Waals surface area contributed by atoms with E-state index in [9.17, 15) is 23.8 Å². The number of halogens is 2. The molecule has 8 nitrogen and oxygen atoms in total. The van der Waals surface area contributed by atoms with Crippen LogP contribution in [0.4, 0.5) is 8.78 Å². The van der Waals surface area contributed by atoms with Crippen molar-refractivity contribution in [2.24, 2.45) is 0 Å². The van der Waals surface area contributed by atoms with Gasteiger partial charge in [-0.1, -0.05) is 18.2 Å². The Morgan fingerprint density at radius 2 is 1.39 bits per heavy atom. The summed E-state index contributed by atoms with van der Waals surface area (Å²) in [4.78, 5) is 15.1. The number of ether oxygens (including phenoxy) is 1. The van der Waals surface area contributed by atoms with E-state index in [2.05, 4.69) is 17.9 Å². The Balaban J connectivity index is -0.000000744. The third-order valence-electron chi connectivity index (χ3n) is 7.41. The number of rotatable bonds is 9. The molecule has 0 amide bonds. The minimum atomic E-state index is -1.37. The van der Waals surface area contributed by atoms with Crippen LogP contribution in [0.25, 0.3) is 0 Å². The molecule has 0 saturated carbocycles. The van der Waals surface area contributed by atoms with E-state index in [1.54, 1.807) is 48.5 Å². The van der Waals surface area contributed by atoms with Crippen LogP contribution in [-0.2, 0) is 23.6 Å². The summed E-state index contributed by atoms with van der Waals surface area (Å²) in [5.74, 6) is -0.880. The molecule has 0 aromatic heterocycles. The molecular formula is C42H50F2Mg2N4O4. The van der Waals surface area contributed by atoms with Crippen molar-refractivity contribution in [3.8, 4) is 12.1 Å². The summed E-state index contributed by atoms with van der Waals surface area (Å²) in [5, 5.41) is 38.8. The number of carbonyl (C=O) groups excluding carboxylic acids is 1. The Morgan fingerprint density at radius 3 is 1.85 bits per heavy atom. The summed E-state index contributed by atoms with van der Waals surface area (Å²) >= 11 is 0. The van der Waals surface area contributed by atoms with E-state index in [0.717, 1.165) is 25.1 Å². The quantitative estimate of drug-likeness (QED) is 0.112. The Morgan fingerprint density at radius 1 is 0.852 bits per heavy atom. The van der Waals surface area contributed by atoms with Crippen LogP contribution < -0.4 is 0 Å². The number of cyclic esters (lactones) is 1. The van der Waals surface area contributed by atoms with Crippen molar-refractivity contribution in [1.29, 1.82) is 10.5 Å². The molecule has 1 atom stereocenters. The van der Waals surface area contributed by atoms with Gasteiger partial charge in [-0.05, 0) is 113 Å². The maximum atomic E-state index is 13.3. The molecule has 1 aliphatic heterocycles. The second-order valence-electron chi connectivity index (χ2n) is 11.9. The van der Waals surface area contributed by atoms with Crippen molar-refractivity contribution < 1.29 is 28.5 Å². The third-order valence-corrected chi connectivity index (χ3v) is 7.41. The first kappa shape index (κ1) is 54.9. The number of fused-ring (bicyclic) bond motifs is 1. The van der Waals surface area contributed by atoms with Gasteiger partial charge in [-0.25, -0.2) is 13.6 Å². The normalized spacial score (nSPS) is 11.5. The van der Waals surface area contributed by atoms with Crippen molar-refractivity contribution in [2.45, 2.75) is 38.1 Å². The first-order valence-corrected chi connectivity index (χ1v) is 15.9. The molecule has 1 heterocycles. The van der Waals surface area contributed by atoms with Crippen LogP contribution in [0.15, 0.2) is 84.9 Å². The number of nitriles is 2. The predicted octanol–water partition coefficient (Wildman–Crippen LogP) is 6.53. The maximum absolute atomic E-state index is 13.3. The number of nitrogens with zero attached hydrogens (tertiary/aromatic N) is 4. The van der Waals surface area contributed by atoms with Gasteiger partial charge in [0.05, 0.1) is 35.4 Å². The molecule has 0 bridgehead atoms. The van der Waals surface area contributed by atoms with Gasteiger partial charge in [0.1, 0.15) is 18.0 Å². The van der Waals surface area contributed by atoms with Crippen LogP contribution in [0.3, 0.4) is 0 Å². The van der Waals surface area contributed by atoms with E-state index in [-0.39, 0.29) is 85.2 Å². The number of aliphatic hydroxyl groups excluding tert-OH is 1. The molecule has 2 N–H and O–H groups in total. The van der Waals surface area contributed by atoms with Gasteiger partial charge >= 0.3 is 52.1 Å². The molecule has 54 heavy (non-hydrogen) atoms. The Labute approximate surface area is 353 Å². The number of benzene rings is 4. The molecule has 1 unspecified atom stereocenters. The molecule has 0 fully saturated rings. The van der Waals surface area contributed by atoms with Crippen molar-refractivity contribution in [2.75, 3.05) is 41.3 Å². The molecular weight excluding hydrogens is 711 g/mol. The summed E-state index contributed by atoms with van der Waals surface area (Å²) < 4.78 is 30.0. The average Bonchev–Trinajstić information content (AvgIpc) is 3.48. The van der Waals surface area contributed by atoms with Gasteiger partial charge in [-0.15, -0.1) is 12.1 Å². The smallest absolute Gasteiger partial charge is 0.457 e. The zero-order valence-corrected chi connectivity index (χ0v) is 35.2. The van der Waals surface area contributed by atoms with Gasteiger partial charge in [-0.3, -0.25) is 0 Å². The average molecular weight is 761 g/mol. The standard InChI is InChI=1S/C20H23FN2O2.C9H5NO2.C6H4F.C5H12N.2CH3.2Mg/c1-23(2)11-3-10-20(25,17-5-7-18(21)8-6-17)19-9-4-15(13-22)12-16(19)14-24;10-4-6-1-2-8-7(3-6)5-12-9(8)11;7-6-4-2-1-3-5-6;1-4-5-6(2)3;;;;/h4-9,12,24-25H,3,10-11,14H2,1-2H3;1-3H,5H2;2-5H;1,4-5H2,2-3H3;2*1H3;;/q;;4*-1;2*+2. The number of esters is 1. The maximum Gasteiger partial charge on any atom is 2.00 e. The second kappa shape index (κ2) is 28.9. The van der Waals surface area contributed by atoms with Crippen molar-refractivity contribution in [3.63, 3.8) is 0 Å². The van der Waals surface area contributed by atoms with E-state index in [1.807, 2.05) is 45.2 Å². The van der Waals surface area contributed by atoms with E-state index in [1.165, 1.54) is 36.4 Å².